The second-order valence-corrected chi connectivity index (χ2v) is 22.5. The quantitative estimate of drug-likeness (QED) is 0.0713. The summed E-state index contributed by atoms with van der Waals surface area (Å²) >= 11 is 0. The lowest BCUT2D eigenvalue weighted by molar-refractivity contribution is -0.142. The number of nitrogens with one attached hydrogen (secondary N) is 2. The van der Waals surface area contributed by atoms with Crippen molar-refractivity contribution in [3.63, 3.8) is 0 Å². The van der Waals surface area contributed by atoms with Gasteiger partial charge in [-0.05, 0) is 89.4 Å². The predicted octanol–water partition coefficient (Wildman–Crippen LogP) is 9.43. The topological polar surface area (TPSA) is 202 Å². The number of fused-ring (bicyclic) bond motifs is 4. The number of piperazine rings is 1. The minimum atomic E-state index is -0.928. The summed E-state index contributed by atoms with van der Waals surface area (Å²) in [5.74, 6) is -0.735. The number of pyridine rings is 1. The number of halogens is 2. The van der Waals surface area contributed by atoms with Crippen LogP contribution in [-0.4, -0.2) is 120 Å². The molecule has 2 unspecified atom stereocenters. The van der Waals surface area contributed by atoms with Crippen molar-refractivity contribution in [1.29, 1.82) is 0 Å². The van der Waals surface area contributed by atoms with Crippen LogP contribution in [0.3, 0.4) is 0 Å². The standard InChI is InChI=1S/C63H66F2N10O7/c1-5-47-52(65)21-18-41-26-44(76)27-49(55(41)47)56-59(57-50(29-66-56)60(73-30-42-19-20-43(31-73)68-42)70-63(69-57)82-46-22-24-80-25-23-46)81-34-37-10-12-40(13-11-37)53-33-75(72-71-53)58(35(2)3)62(79)74-32-45(77)28-54(74)61(78)67-36(4)38-14-16-39(17-15-38)48-8-6-7-9-51(48)64/h6-18,21,26-27,29,33,35-36,42-43,45-46,54,58,68,76-77H,5,19-20,22-25,28,30-32,34H2,1-4H3,(H,67,78)/t36-,42?,43?,45+,54-,58-/m0/s1. The molecule has 3 aromatic heterocycles. The highest BCUT2D eigenvalue weighted by atomic mass is 19.1. The number of nitrogens with zero attached hydrogens (tertiary/aromatic N) is 8. The molecule has 0 aliphatic carbocycles. The maximum absolute atomic E-state index is 15.7. The summed E-state index contributed by atoms with van der Waals surface area (Å²) in [6.45, 7) is 10.2. The van der Waals surface area contributed by atoms with E-state index < -0.39 is 30.1 Å². The number of phenols is 1. The van der Waals surface area contributed by atoms with E-state index in [4.69, 9.17) is 29.2 Å². The highest BCUT2D eigenvalue weighted by Crippen LogP contribution is 2.44. The molecule has 4 fully saturated rings. The minimum absolute atomic E-state index is 0.0144. The molecule has 0 spiro atoms. The van der Waals surface area contributed by atoms with Gasteiger partial charge in [0.25, 0.3) is 0 Å². The Hall–Kier alpha value is -8.13. The van der Waals surface area contributed by atoms with Crippen LogP contribution in [0.2, 0.25) is 0 Å². The molecule has 17 nitrogen and oxygen atoms in total. The van der Waals surface area contributed by atoms with Gasteiger partial charge >= 0.3 is 6.01 Å². The minimum Gasteiger partial charge on any atom is -0.508 e. The van der Waals surface area contributed by atoms with Crippen LogP contribution >= 0.6 is 0 Å². The fourth-order valence-electron chi connectivity index (χ4n) is 12.3. The number of aliphatic hydroxyl groups is 1. The van der Waals surface area contributed by atoms with E-state index in [0.717, 1.165) is 42.6 Å². The van der Waals surface area contributed by atoms with E-state index in [-0.39, 0.29) is 60.9 Å². The Balaban J connectivity index is 0.816. The number of aryl methyl sites for hydroxylation is 1. The zero-order valence-corrected chi connectivity index (χ0v) is 46.3. The molecule has 2 bridgehead atoms. The number of anilines is 1. The molecule has 4 saturated heterocycles. The van der Waals surface area contributed by atoms with Gasteiger partial charge in [-0.25, -0.2) is 13.5 Å². The third-order valence-corrected chi connectivity index (χ3v) is 16.5. The molecule has 2 amide bonds. The Kier molecular flexibility index (Phi) is 15.3. The van der Waals surface area contributed by atoms with Crippen molar-refractivity contribution in [2.75, 3.05) is 37.7 Å². The van der Waals surface area contributed by atoms with Crippen molar-refractivity contribution in [3.8, 4) is 51.2 Å². The molecule has 4 N–H and O–H groups in total. The zero-order valence-electron chi connectivity index (χ0n) is 46.3. The van der Waals surface area contributed by atoms with Crippen LogP contribution in [0.15, 0.2) is 109 Å². The number of rotatable bonds is 16. The number of carbonyl (C=O) groups excluding carboxylic acids is 2. The number of hydrogen-bond acceptors (Lipinski definition) is 14. The van der Waals surface area contributed by atoms with Gasteiger partial charge in [-0.1, -0.05) is 98.8 Å². The number of phenolic OH excluding ortho intramolecular Hbond substituents is 1. The molecule has 8 aromatic rings. The van der Waals surface area contributed by atoms with E-state index in [1.54, 1.807) is 48.8 Å². The number of benzene rings is 5. The summed E-state index contributed by atoms with van der Waals surface area (Å²) in [4.78, 5) is 47.5. The van der Waals surface area contributed by atoms with Crippen LogP contribution < -0.4 is 25.0 Å². The highest BCUT2D eigenvalue weighted by Gasteiger charge is 2.43. The number of hydrogen-bond donors (Lipinski definition) is 4. The molecule has 12 rings (SSSR count). The fraction of sp³-hybridized carbons (Fsp3) is 0.381. The van der Waals surface area contributed by atoms with Crippen LogP contribution in [0.1, 0.15) is 88.6 Å². The SMILES string of the molecule is CCc1c(F)ccc2cc(O)cc(-c3ncc4c(N5CC6CCC(C5)N6)nc(OC5CCOCC5)nc4c3OCc3ccc(-c4cn([C@H](C(=O)N5C[C@H](O)C[C@H]5C(=O)N[C@@H](C)c5ccc(-c6ccccc6F)cc5)C(C)C)nn4)cc3)c12. The van der Waals surface area contributed by atoms with Gasteiger partial charge in [0.15, 0.2) is 5.75 Å². The Morgan fingerprint density at radius 3 is 2.34 bits per heavy atom. The molecule has 0 saturated carbocycles. The van der Waals surface area contributed by atoms with Crippen LogP contribution in [0.4, 0.5) is 14.6 Å². The molecule has 424 valence electrons. The maximum atomic E-state index is 15.7. The van der Waals surface area contributed by atoms with E-state index in [9.17, 15) is 24.2 Å². The molecule has 4 aliphatic rings. The molecule has 4 aliphatic heterocycles. The van der Waals surface area contributed by atoms with Gasteiger partial charge in [0.05, 0.1) is 36.9 Å². The number of ether oxygens (including phenoxy) is 3. The lowest BCUT2D eigenvalue weighted by atomic mass is 9.94. The number of aromatic nitrogens is 6. The lowest BCUT2D eigenvalue weighted by Crippen LogP contribution is -2.51. The van der Waals surface area contributed by atoms with Gasteiger partial charge in [-0.15, -0.1) is 5.10 Å². The van der Waals surface area contributed by atoms with Crippen molar-refractivity contribution >= 4 is 39.3 Å². The van der Waals surface area contributed by atoms with Crippen LogP contribution in [-0.2, 0) is 27.4 Å². The van der Waals surface area contributed by atoms with Crippen LogP contribution in [0, 0.1) is 17.6 Å². The molecule has 5 aromatic carbocycles. The second-order valence-electron chi connectivity index (χ2n) is 22.5. The van der Waals surface area contributed by atoms with E-state index in [2.05, 4.69) is 25.8 Å². The smallest absolute Gasteiger partial charge is 0.319 e. The average molecular weight is 1110 g/mol. The molecule has 6 atom stereocenters. The Bertz CT molecular complexity index is 3660. The number of amides is 2. The molecular formula is C63H66F2N10O7. The third-order valence-electron chi connectivity index (χ3n) is 16.5. The number of likely N-dealkylation sites (tertiary alicyclic amines) is 1. The molecule has 7 heterocycles. The van der Waals surface area contributed by atoms with E-state index >= 15 is 4.39 Å². The van der Waals surface area contributed by atoms with Crippen molar-refractivity contribution in [2.24, 2.45) is 5.92 Å². The number of β-amino-alcohol motifs (C(OH)–C–C–N with tert-alkyl or cyclic N) is 1. The second kappa shape index (κ2) is 23.0. The highest BCUT2D eigenvalue weighted by molar-refractivity contribution is 6.04. The van der Waals surface area contributed by atoms with E-state index in [1.807, 2.05) is 76.2 Å². The van der Waals surface area contributed by atoms with Gasteiger partial charge in [0, 0.05) is 73.9 Å². The summed E-state index contributed by atoms with van der Waals surface area (Å²) in [6, 6.07) is 26.4. The maximum Gasteiger partial charge on any atom is 0.319 e. The largest absolute Gasteiger partial charge is 0.508 e. The normalized spacial score (nSPS) is 20.0. The summed E-state index contributed by atoms with van der Waals surface area (Å²) < 4.78 is 50.9. The van der Waals surface area contributed by atoms with Crippen molar-refractivity contribution in [1.82, 2.24) is 45.5 Å². The first-order chi connectivity index (χ1) is 39.8. The van der Waals surface area contributed by atoms with Gasteiger partial charge in [-0.3, -0.25) is 14.6 Å². The van der Waals surface area contributed by atoms with Crippen molar-refractivity contribution in [2.45, 2.75) is 115 Å². The summed E-state index contributed by atoms with van der Waals surface area (Å²) in [5, 5.41) is 39.7. The summed E-state index contributed by atoms with van der Waals surface area (Å²) in [7, 11) is 0. The lowest BCUT2D eigenvalue weighted by Gasteiger charge is -2.34. The molecule has 0 radical (unpaired) electrons. The van der Waals surface area contributed by atoms with Crippen LogP contribution in [0.5, 0.6) is 17.5 Å². The average Bonchev–Trinajstić information content (AvgIpc) is 4.41. The zero-order chi connectivity index (χ0) is 56.8. The summed E-state index contributed by atoms with van der Waals surface area (Å²) in [6.07, 6.45) is 6.37. The Labute approximate surface area is 473 Å². The fourth-order valence-corrected chi connectivity index (χ4v) is 12.3. The molecule has 82 heavy (non-hydrogen) atoms. The van der Waals surface area contributed by atoms with Gasteiger partial charge in [-0.2, -0.15) is 9.97 Å². The van der Waals surface area contributed by atoms with E-state index in [0.29, 0.717) is 111 Å². The Morgan fingerprint density at radius 1 is 0.866 bits per heavy atom. The Morgan fingerprint density at radius 2 is 1.61 bits per heavy atom. The summed E-state index contributed by atoms with van der Waals surface area (Å²) in [5.41, 5.74) is 5.80. The first-order valence-electron chi connectivity index (χ1n) is 28.4. The monoisotopic (exact) mass is 1110 g/mol. The predicted molar refractivity (Wildman–Crippen MR) is 306 cm³/mol. The van der Waals surface area contributed by atoms with Gasteiger partial charge in [0.2, 0.25) is 11.8 Å². The van der Waals surface area contributed by atoms with Gasteiger partial charge < -0.3 is 44.9 Å². The van der Waals surface area contributed by atoms with Crippen LogP contribution in [0.25, 0.3) is 55.3 Å². The van der Waals surface area contributed by atoms with Crippen molar-refractivity contribution in [3.05, 3.63) is 138 Å². The number of aromatic hydroxyl groups is 1. The molecular weight excluding hydrogens is 1050 g/mol. The first kappa shape index (κ1) is 54.5. The first-order valence-corrected chi connectivity index (χ1v) is 28.4. The number of carbonyl (C=O) groups is 2. The third kappa shape index (κ3) is 10.9. The van der Waals surface area contributed by atoms with Crippen molar-refractivity contribution < 1.29 is 42.8 Å². The van der Waals surface area contributed by atoms with Gasteiger partial charge in [0.1, 0.15) is 64.9 Å². The number of aliphatic hydroxyl groups excluding tert-OH is 1. The molecule has 19 heteroatoms. The van der Waals surface area contributed by atoms with E-state index in [1.165, 1.54) is 21.7 Å².